The van der Waals surface area contributed by atoms with Crippen LogP contribution in [0.15, 0.2) is 36.7 Å². The number of thiophene rings is 1. The number of nitrogens with zero attached hydrogens (tertiary/aromatic N) is 3. The molecule has 1 N–H and O–H groups in total. The minimum absolute atomic E-state index is 0.128. The van der Waals surface area contributed by atoms with Crippen LogP contribution >= 0.6 is 11.3 Å². The van der Waals surface area contributed by atoms with Crippen LogP contribution < -0.4 is 5.32 Å². The number of likely N-dealkylation sites (tertiary alicyclic amines) is 1. The number of Topliss-reactive ketones (excluding diaryl/α,β-unsaturated/α-hetero) is 1. The number of ketones is 1. The third-order valence-corrected chi connectivity index (χ3v) is 6.27. The lowest BCUT2D eigenvalue weighted by Gasteiger charge is -2.26. The number of carbonyl (C=O) groups is 2. The zero-order valence-corrected chi connectivity index (χ0v) is 17.3. The maximum absolute atomic E-state index is 12.3. The van der Waals surface area contributed by atoms with E-state index in [1.807, 2.05) is 18.2 Å². The van der Waals surface area contributed by atoms with Crippen LogP contribution in [0.2, 0.25) is 0 Å². The third-order valence-electron chi connectivity index (χ3n) is 5.26. The Kier molecular flexibility index (Phi) is 5.85. The number of benzene rings is 1. The van der Waals surface area contributed by atoms with Gasteiger partial charge in [-0.15, -0.1) is 11.3 Å². The highest BCUT2D eigenvalue weighted by atomic mass is 32.1. The molecule has 0 unspecified atom stereocenters. The number of hydrogen-bond donors (Lipinski definition) is 1. The number of aryl methyl sites for hydroxylation is 1. The first-order chi connectivity index (χ1) is 14.1. The van der Waals surface area contributed by atoms with Crippen molar-refractivity contribution < 1.29 is 9.59 Å². The van der Waals surface area contributed by atoms with Crippen molar-refractivity contribution in [2.75, 3.05) is 25.0 Å². The van der Waals surface area contributed by atoms with Crippen molar-refractivity contribution in [1.29, 1.82) is 0 Å². The van der Waals surface area contributed by atoms with Crippen molar-refractivity contribution in [3.63, 3.8) is 0 Å². The van der Waals surface area contributed by atoms with E-state index in [2.05, 4.69) is 34.3 Å². The predicted octanol–water partition coefficient (Wildman–Crippen LogP) is 4.05. The molecule has 1 aromatic carbocycles. The molecule has 0 atom stereocenters. The van der Waals surface area contributed by atoms with Crippen molar-refractivity contribution in [3.05, 3.63) is 41.5 Å². The Balaban J connectivity index is 1.43. The zero-order chi connectivity index (χ0) is 20.2. The molecule has 1 fully saturated rings. The van der Waals surface area contributed by atoms with Crippen LogP contribution in [0, 0.1) is 6.92 Å². The van der Waals surface area contributed by atoms with E-state index in [1.54, 1.807) is 22.6 Å². The van der Waals surface area contributed by atoms with Crippen LogP contribution in [-0.4, -0.2) is 46.2 Å². The lowest BCUT2D eigenvalue weighted by atomic mass is 10.0. The van der Waals surface area contributed by atoms with Gasteiger partial charge in [-0.1, -0.05) is 30.3 Å². The molecule has 0 saturated carbocycles. The van der Waals surface area contributed by atoms with Gasteiger partial charge in [-0.05, 0) is 18.9 Å². The van der Waals surface area contributed by atoms with Crippen molar-refractivity contribution in [2.24, 2.45) is 0 Å². The van der Waals surface area contributed by atoms with Gasteiger partial charge in [0.25, 0.3) is 0 Å². The van der Waals surface area contributed by atoms with Crippen LogP contribution in [-0.2, 0) is 9.59 Å². The van der Waals surface area contributed by atoms with Gasteiger partial charge in [-0.3, -0.25) is 9.59 Å². The number of hydrogen-bond acceptors (Lipinski definition) is 6. The van der Waals surface area contributed by atoms with E-state index in [0.29, 0.717) is 38.9 Å². The largest absolute Gasteiger partial charge is 0.369 e. The van der Waals surface area contributed by atoms with Crippen LogP contribution in [0.5, 0.6) is 0 Å². The molecule has 6 nitrogen and oxygen atoms in total. The number of aromatic nitrogens is 2. The molecule has 3 aromatic rings. The van der Waals surface area contributed by atoms with Crippen molar-refractivity contribution >= 4 is 39.1 Å². The summed E-state index contributed by atoms with van der Waals surface area (Å²) in [5.41, 5.74) is 2.33. The van der Waals surface area contributed by atoms with Crippen LogP contribution in [0.3, 0.4) is 0 Å². The summed E-state index contributed by atoms with van der Waals surface area (Å²) in [6, 6.07) is 10.3. The van der Waals surface area contributed by atoms with Crippen molar-refractivity contribution in [1.82, 2.24) is 14.9 Å². The molecular formula is C22H24N4O2S. The normalized spacial score (nSPS) is 14.4. The second-order valence-corrected chi connectivity index (χ2v) is 8.45. The van der Waals surface area contributed by atoms with Crippen molar-refractivity contribution in [2.45, 2.75) is 32.6 Å². The Hall–Kier alpha value is -2.80. The van der Waals surface area contributed by atoms with E-state index in [0.717, 1.165) is 28.0 Å². The van der Waals surface area contributed by atoms with Gasteiger partial charge in [0, 0.05) is 49.3 Å². The number of anilines is 1. The lowest BCUT2D eigenvalue weighted by Crippen LogP contribution is -2.38. The fourth-order valence-electron chi connectivity index (χ4n) is 3.74. The van der Waals surface area contributed by atoms with Crippen LogP contribution in [0.4, 0.5) is 5.82 Å². The number of carbonyl (C=O) groups excluding carboxylic acids is 2. The van der Waals surface area contributed by atoms with E-state index in [-0.39, 0.29) is 11.7 Å². The molecule has 150 valence electrons. The Morgan fingerprint density at radius 3 is 2.69 bits per heavy atom. The lowest BCUT2D eigenvalue weighted by molar-refractivity contribution is -0.134. The highest BCUT2D eigenvalue weighted by Gasteiger charge is 2.20. The second-order valence-electron chi connectivity index (χ2n) is 7.25. The summed E-state index contributed by atoms with van der Waals surface area (Å²) >= 11 is 1.67. The highest BCUT2D eigenvalue weighted by Crippen LogP contribution is 2.40. The summed E-state index contributed by atoms with van der Waals surface area (Å²) in [5, 5.41) is 4.45. The summed E-state index contributed by atoms with van der Waals surface area (Å²) in [7, 11) is 0. The van der Waals surface area contributed by atoms with Crippen LogP contribution in [0.25, 0.3) is 21.3 Å². The number of piperidine rings is 1. The fourth-order valence-corrected chi connectivity index (χ4v) is 4.75. The quantitative estimate of drug-likeness (QED) is 0.623. The van der Waals surface area contributed by atoms with Gasteiger partial charge in [0.1, 0.15) is 22.8 Å². The minimum atomic E-state index is 0.128. The SMILES string of the molecule is Cc1sc2ncnc(NCCCC(=O)N3CCC(=O)CC3)c2c1-c1ccccc1. The third kappa shape index (κ3) is 4.29. The average molecular weight is 409 g/mol. The van der Waals surface area contributed by atoms with E-state index in [1.165, 1.54) is 10.4 Å². The first kappa shape index (κ1) is 19.5. The molecule has 1 aliphatic heterocycles. The number of nitrogens with one attached hydrogen (secondary N) is 1. The summed E-state index contributed by atoms with van der Waals surface area (Å²) in [4.78, 5) is 36.6. The second kappa shape index (κ2) is 8.69. The van der Waals surface area contributed by atoms with Gasteiger partial charge in [0.15, 0.2) is 0 Å². The molecule has 1 aliphatic rings. The van der Waals surface area contributed by atoms with E-state index >= 15 is 0 Å². The molecule has 0 bridgehead atoms. The first-order valence-corrected chi connectivity index (χ1v) is 10.8. The van der Waals surface area contributed by atoms with E-state index < -0.39 is 0 Å². The summed E-state index contributed by atoms with van der Waals surface area (Å²) in [5.74, 6) is 1.20. The molecule has 2 aromatic heterocycles. The highest BCUT2D eigenvalue weighted by molar-refractivity contribution is 7.19. The Labute approximate surface area is 174 Å². The van der Waals surface area contributed by atoms with Gasteiger partial charge in [-0.25, -0.2) is 9.97 Å². The fraction of sp³-hybridized carbons (Fsp3) is 0.364. The van der Waals surface area contributed by atoms with Crippen molar-refractivity contribution in [3.8, 4) is 11.1 Å². The summed E-state index contributed by atoms with van der Waals surface area (Å²) < 4.78 is 0. The molecule has 7 heteroatoms. The first-order valence-electron chi connectivity index (χ1n) is 9.96. The number of fused-ring (bicyclic) bond motifs is 1. The summed E-state index contributed by atoms with van der Waals surface area (Å²) in [6.07, 6.45) is 3.76. The van der Waals surface area contributed by atoms with Gasteiger partial charge in [0.05, 0.1) is 5.39 Å². The van der Waals surface area contributed by atoms with Gasteiger partial charge < -0.3 is 10.2 Å². The Morgan fingerprint density at radius 1 is 1.17 bits per heavy atom. The van der Waals surface area contributed by atoms with Gasteiger partial charge in [-0.2, -0.15) is 0 Å². The molecule has 0 spiro atoms. The maximum Gasteiger partial charge on any atom is 0.222 e. The number of amides is 1. The molecule has 3 heterocycles. The van der Waals surface area contributed by atoms with Gasteiger partial charge >= 0.3 is 0 Å². The maximum atomic E-state index is 12.3. The zero-order valence-electron chi connectivity index (χ0n) is 16.5. The molecule has 0 radical (unpaired) electrons. The smallest absolute Gasteiger partial charge is 0.222 e. The summed E-state index contributed by atoms with van der Waals surface area (Å²) in [6.45, 7) is 3.90. The Morgan fingerprint density at radius 2 is 1.93 bits per heavy atom. The molecule has 4 rings (SSSR count). The molecule has 1 saturated heterocycles. The number of rotatable bonds is 6. The van der Waals surface area contributed by atoms with E-state index in [4.69, 9.17) is 0 Å². The van der Waals surface area contributed by atoms with Gasteiger partial charge in [0.2, 0.25) is 5.91 Å². The van der Waals surface area contributed by atoms with Crippen LogP contribution in [0.1, 0.15) is 30.6 Å². The average Bonchev–Trinajstić information content (AvgIpc) is 3.08. The standard InChI is InChI=1S/C22H24N4O2S/c1-15-19(16-6-3-2-4-7-16)20-21(24-14-25-22(20)29-15)23-11-5-8-18(28)26-12-9-17(27)10-13-26/h2-4,6-7,14H,5,8-13H2,1H3,(H,23,24,25). The molecule has 0 aliphatic carbocycles. The topological polar surface area (TPSA) is 75.2 Å². The monoisotopic (exact) mass is 408 g/mol. The minimum Gasteiger partial charge on any atom is -0.369 e. The van der Waals surface area contributed by atoms with E-state index in [9.17, 15) is 9.59 Å². The molecule has 1 amide bonds. The molecule has 29 heavy (non-hydrogen) atoms. The predicted molar refractivity (Wildman–Crippen MR) is 116 cm³/mol. The molecular weight excluding hydrogens is 384 g/mol. The Bertz CT molecular complexity index is 1020.